The van der Waals surface area contributed by atoms with Gasteiger partial charge in [0.25, 0.3) is 0 Å². The van der Waals surface area contributed by atoms with Gasteiger partial charge in [0.05, 0.1) is 7.11 Å². The highest BCUT2D eigenvalue weighted by Gasteiger charge is 2.47. The topological polar surface area (TPSA) is 68.1 Å². The molecular weight excluding hydrogens is 240 g/mol. The van der Waals surface area contributed by atoms with Gasteiger partial charge in [-0.3, -0.25) is 4.79 Å². The molecule has 0 atom stereocenters. The summed E-state index contributed by atoms with van der Waals surface area (Å²) in [6.45, 7) is 0. The van der Waals surface area contributed by atoms with E-state index in [0.29, 0.717) is 0 Å². The van der Waals surface area contributed by atoms with Gasteiger partial charge in [-0.2, -0.15) is 0 Å². The Labute approximate surface area is 111 Å². The van der Waals surface area contributed by atoms with Crippen molar-refractivity contribution >= 4 is 16.8 Å². The van der Waals surface area contributed by atoms with Crippen LogP contribution in [0.25, 0.3) is 10.9 Å². The van der Waals surface area contributed by atoms with Crippen LogP contribution >= 0.6 is 0 Å². The molecule has 0 unspecified atom stereocenters. The van der Waals surface area contributed by atoms with Gasteiger partial charge in [-0.1, -0.05) is 0 Å². The first-order valence-electron chi connectivity index (χ1n) is 6.58. The van der Waals surface area contributed by atoms with E-state index < -0.39 is 0 Å². The van der Waals surface area contributed by atoms with Gasteiger partial charge in [0, 0.05) is 22.5 Å². The standard InChI is InChI=1S/C15H18N2O2/c1-19-11-2-3-13-12(8-11)10(9-17-13)4-5-15(6-7-15)14(16)18/h2-3,8-9,17H,4-7H2,1H3,(H2,16,18). The number of aryl methyl sites for hydroxylation is 1. The zero-order chi connectivity index (χ0) is 13.5. The van der Waals surface area contributed by atoms with Gasteiger partial charge in [-0.15, -0.1) is 0 Å². The number of benzene rings is 1. The molecule has 0 aliphatic heterocycles. The zero-order valence-electron chi connectivity index (χ0n) is 11.0. The van der Waals surface area contributed by atoms with Crippen LogP contribution in [0.5, 0.6) is 5.75 Å². The van der Waals surface area contributed by atoms with Crippen LogP contribution in [0.1, 0.15) is 24.8 Å². The highest BCUT2D eigenvalue weighted by Crippen LogP contribution is 2.49. The highest BCUT2D eigenvalue weighted by molar-refractivity contribution is 5.85. The van der Waals surface area contributed by atoms with E-state index in [-0.39, 0.29) is 11.3 Å². The second-order valence-electron chi connectivity index (χ2n) is 5.37. The first kappa shape index (κ1) is 12.1. The van der Waals surface area contributed by atoms with E-state index in [1.165, 1.54) is 10.9 Å². The first-order chi connectivity index (χ1) is 9.14. The molecule has 1 aliphatic rings. The summed E-state index contributed by atoms with van der Waals surface area (Å²) < 4.78 is 5.25. The van der Waals surface area contributed by atoms with Crippen LogP contribution in [-0.4, -0.2) is 18.0 Å². The molecule has 0 spiro atoms. The number of methoxy groups -OCH3 is 1. The summed E-state index contributed by atoms with van der Waals surface area (Å²) in [6.07, 6.45) is 5.60. The van der Waals surface area contributed by atoms with Gasteiger partial charge in [0.2, 0.25) is 5.91 Å². The molecule has 1 amide bonds. The molecule has 1 saturated carbocycles. The summed E-state index contributed by atoms with van der Waals surface area (Å²) in [7, 11) is 1.67. The lowest BCUT2D eigenvalue weighted by Gasteiger charge is -2.09. The number of carbonyl (C=O) groups excluding carboxylic acids is 1. The second-order valence-corrected chi connectivity index (χ2v) is 5.37. The summed E-state index contributed by atoms with van der Waals surface area (Å²) >= 11 is 0. The molecule has 3 N–H and O–H groups in total. The number of hydrogen-bond donors (Lipinski definition) is 2. The van der Waals surface area contributed by atoms with Crippen molar-refractivity contribution in [2.75, 3.05) is 7.11 Å². The summed E-state index contributed by atoms with van der Waals surface area (Å²) in [5.74, 6) is 0.703. The van der Waals surface area contributed by atoms with E-state index >= 15 is 0 Å². The Bertz CT molecular complexity index is 626. The SMILES string of the molecule is COc1ccc2[nH]cc(CCC3(C(N)=O)CC3)c2c1. The minimum atomic E-state index is -0.234. The molecule has 4 nitrogen and oxygen atoms in total. The Morgan fingerprint density at radius 1 is 1.47 bits per heavy atom. The molecule has 0 saturated heterocycles. The van der Waals surface area contributed by atoms with Crippen LogP contribution in [0.15, 0.2) is 24.4 Å². The van der Waals surface area contributed by atoms with Gasteiger partial charge < -0.3 is 15.5 Å². The van der Waals surface area contributed by atoms with Gasteiger partial charge >= 0.3 is 0 Å². The number of amides is 1. The second kappa shape index (κ2) is 4.30. The normalized spacial score (nSPS) is 16.5. The van der Waals surface area contributed by atoms with Gasteiger partial charge in [0.1, 0.15) is 5.75 Å². The summed E-state index contributed by atoms with van der Waals surface area (Å²) in [5.41, 5.74) is 7.55. The highest BCUT2D eigenvalue weighted by atomic mass is 16.5. The molecule has 3 rings (SSSR count). The fraction of sp³-hybridized carbons (Fsp3) is 0.400. The van der Waals surface area contributed by atoms with E-state index in [9.17, 15) is 4.79 Å². The fourth-order valence-electron chi connectivity index (χ4n) is 2.64. The third-order valence-corrected chi connectivity index (χ3v) is 4.22. The van der Waals surface area contributed by atoms with Crippen molar-refractivity contribution in [2.24, 2.45) is 11.1 Å². The number of aromatic amines is 1. The molecule has 4 heteroatoms. The Kier molecular flexibility index (Phi) is 2.73. The maximum Gasteiger partial charge on any atom is 0.223 e. The number of fused-ring (bicyclic) bond motifs is 1. The zero-order valence-corrected chi connectivity index (χ0v) is 11.0. The number of aromatic nitrogens is 1. The Balaban J connectivity index is 1.83. The van der Waals surface area contributed by atoms with Crippen LogP contribution in [0.3, 0.4) is 0 Å². The summed E-state index contributed by atoms with van der Waals surface area (Å²) in [4.78, 5) is 14.7. The van der Waals surface area contributed by atoms with Gasteiger partial charge in [-0.05, 0) is 49.4 Å². The summed E-state index contributed by atoms with van der Waals surface area (Å²) in [5, 5.41) is 1.17. The van der Waals surface area contributed by atoms with Crippen LogP contribution in [0.2, 0.25) is 0 Å². The first-order valence-corrected chi connectivity index (χ1v) is 6.58. The largest absolute Gasteiger partial charge is 0.497 e. The molecule has 19 heavy (non-hydrogen) atoms. The lowest BCUT2D eigenvalue weighted by atomic mass is 9.96. The third-order valence-electron chi connectivity index (χ3n) is 4.22. The average Bonchev–Trinajstić information content (AvgIpc) is 3.11. The van der Waals surface area contributed by atoms with Crippen molar-refractivity contribution in [3.8, 4) is 5.75 Å². The number of nitrogens with one attached hydrogen (secondary N) is 1. The van der Waals surface area contributed by atoms with Crippen molar-refractivity contribution in [3.63, 3.8) is 0 Å². The molecule has 1 aliphatic carbocycles. The van der Waals surface area contributed by atoms with Gasteiger partial charge in [0.15, 0.2) is 0 Å². The number of nitrogens with two attached hydrogens (primary N) is 1. The van der Waals surface area contributed by atoms with Crippen LogP contribution in [0.4, 0.5) is 0 Å². The molecule has 0 radical (unpaired) electrons. The van der Waals surface area contributed by atoms with E-state index in [4.69, 9.17) is 10.5 Å². The predicted octanol–water partition coefficient (Wildman–Crippen LogP) is 2.37. The van der Waals surface area contributed by atoms with Crippen molar-refractivity contribution in [1.29, 1.82) is 0 Å². The molecule has 100 valence electrons. The lowest BCUT2D eigenvalue weighted by molar-refractivity contribution is -0.123. The Morgan fingerprint density at radius 2 is 2.26 bits per heavy atom. The smallest absolute Gasteiger partial charge is 0.223 e. The number of primary amides is 1. The minimum Gasteiger partial charge on any atom is -0.497 e. The third kappa shape index (κ3) is 2.07. The van der Waals surface area contributed by atoms with E-state index in [1.807, 2.05) is 24.4 Å². The van der Waals surface area contributed by atoms with Crippen molar-refractivity contribution in [1.82, 2.24) is 4.98 Å². The molecule has 1 aromatic heterocycles. The van der Waals surface area contributed by atoms with Gasteiger partial charge in [-0.25, -0.2) is 0 Å². The summed E-state index contributed by atoms with van der Waals surface area (Å²) in [6, 6.07) is 5.98. The maximum atomic E-state index is 11.4. The van der Waals surface area contributed by atoms with E-state index in [2.05, 4.69) is 4.98 Å². The number of rotatable bonds is 5. The van der Waals surface area contributed by atoms with Crippen molar-refractivity contribution < 1.29 is 9.53 Å². The number of carbonyl (C=O) groups is 1. The molecule has 1 aromatic carbocycles. The number of H-pyrrole nitrogens is 1. The molecule has 1 fully saturated rings. The Morgan fingerprint density at radius 3 is 2.89 bits per heavy atom. The number of ether oxygens (including phenoxy) is 1. The lowest BCUT2D eigenvalue weighted by Crippen LogP contribution is -2.25. The van der Waals surface area contributed by atoms with E-state index in [1.54, 1.807) is 7.11 Å². The van der Waals surface area contributed by atoms with Crippen molar-refractivity contribution in [3.05, 3.63) is 30.0 Å². The average molecular weight is 258 g/mol. The fourth-order valence-corrected chi connectivity index (χ4v) is 2.64. The maximum absolute atomic E-state index is 11.4. The van der Waals surface area contributed by atoms with Crippen LogP contribution in [-0.2, 0) is 11.2 Å². The monoisotopic (exact) mass is 258 g/mol. The van der Waals surface area contributed by atoms with E-state index in [0.717, 1.165) is 36.9 Å². The van der Waals surface area contributed by atoms with Crippen molar-refractivity contribution in [2.45, 2.75) is 25.7 Å². The van der Waals surface area contributed by atoms with Crippen LogP contribution < -0.4 is 10.5 Å². The predicted molar refractivity (Wildman–Crippen MR) is 74.0 cm³/mol. The minimum absolute atomic E-state index is 0.148. The molecular formula is C15H18N2O2. The molecule has 1 heterocycles. The number of hydrogen-bond acceptors (Lipinski definition) is 2. The molecule has 2 aromatic rings. The van der Waals surface area contributed by atoms with Crippen LogP contribution in [0, 0.1) is 5.41 Å². The quantitative estimate of drug-likeness (QED) is 0.864. The Hall–Kier alpha value is -1.97. The molecule has 0 bridgehead atoms.